The van der Waals surface area contributed by atoms with Gasteiger partial charge in [0.25, 0.3) is 20.0 Å². The first kappa shape index (κ1) is 20.7. The number of nitrogens with zero attached hydrogens (tertiary/aromatic N) is 4. The molecule has 0 radical (unpaired) electrons. The van der Waals surface area contributed by atoms with Crippen LogP contribution in [0.15, 0.2) is 52.5 Å². The summed E-state index contributed by atoms with van der Waals surface area (Å²) < 4.78 is 56.4. The summed E-state index contributed by atoms with van der Waals surface area (Å²) in [6.45, 7) is 5.79. The Bertz CT molecular complexity index is 1240. The molecule has 0 aliphatic rings. The van der Waals surface area contributed by atoms with Crippen LogP contribution < -0.4 is 9.44 Å². The normalized spacial score (nSPS) is 12.0. The quantitative estimate of drug-likeness (QED) is 0.577. The summed E-state index contributed by atoms with van der Waals surface area (Å²) in [6, 6.07) is 6.95. The van der Waals surface area contributed by atoms with Crippen LogP contribution in [0.25, 0.3) is 0 Å². The van der Waals surface area contributed by atoms with Crippen LogP contribution in [0.5, 0.6) is 0 Å². The highest BCUT2D eigenvalue weighted by atomic mass is 32.2. The number of nitrogens with one attached hydrogen (secondary N) is 2. The number of aryl methyl sites for hydroxylation is 2. The van der Waals surface area contributed by atoms with Crippen LogP contribution in [0.2, 0.25) is 0 Å². The lowest BCUT2D eigenvalue weighted by Crippen LogP contribution is -2.16. The van der Waals surface area contributed by atoms with E-state index >= 15 is 0 Å². The first-order chi connectivity index (χ1) is 13.6. The van der Waals surface area contributed by atoms with Crippen LogP contribution >= 0.6 is 0 Å². The van der Waals surface area contributed by atoms with Crippen LogP contribution in [0, 0.1) is 13.8 Å². The zero-order valence-corrected chi connectivity index (χ0v) is 17.6. The third-order valence-corrected chi connectivity index (χ3v) is 6.91. The second kappa shape index (κ2) is 7.79. The highest BCUT2D eigenvalue weighted by molar-refractivity contribution is 7.93. The average molecular weight is 437 g/mol. The molecule has 1 aromatic carbocycles. The predicted molar refractivity (Wildman–Crippen MR) is 107 cm³/mol. The Morgan fingerprint density at radius 3 is 2.24 bits per heavy atom. The molecular weight excluding hydrogens is 416 g/mol. The summed E-state index contributed by atoms with van der Waals surface area (Å²) in [6.07, 6.45) is 2.73. The molecule has 0 amide bonds. The molecule has 0 unspecified atom stereocenters. The molecule has 0 saturated heterocycles. The number of benzene rings is 1. The first-order valence-corrected chi connectivity index (χ1v) is 11.6. The second-order valence-electron chi connectivity index (χ2n) is 6.17. The Kier molecular flexibility index (Phi) is 5.57. The van der Waals surface area contributed by atoms with Gasteiger partial charge in [0, 0.05) is 24.1 Å². The van der Waals surface area contributed by atoms with Crippen molar-refractivity contribution in [2.75, 3.05) is 9.44 Å². The molecule has 0 spiro atoms. The number of aromatic nitrogens is 4. The van der Waals surface area contributed by atoms with E-state index in [4.69, 9.17) is 0 Å². The van der Waals surface area contributed by atoms with Gasteiger partial charge in [0.2, 0.25) is 5.95 Å². The van der Waals surface area contributed by atoms with Crippen molar-refractivity contribution in [2.45, 2.75) is 37.1 Å². The van der Waals surface area contributed by atoms with Crippen molar-refractivity contribution >= 4 is 31.7 Å². The highest BCUT2D eigenvalue weighted by Gasteiger charge is 2.21. The molecule has 2 aromatic heterocycles. The molecule has 0 fully saturated rings. The van der Waals surface area contributed by atoms with Gasteiger partial charge in [-0.3, -0.25) is 9.40 Å². The van der Waals surface area contributed by atoms with Crippen LogP contribution in [0.3, 0.4) is 0 Å². The van der Waals surface area contributed by atoms with E-state index in [-0.39, 0.29) is 21.4 Å². The van der Waals surface area contributed by atoms with Crippen LogP contribution in [-0.4, -0.2) is 36.6 Å². The Labute approximate surface area is 169 Å². The van der Waals surface area contributed by atoms with Gasteiger partial charge >= 0.3 is 0 Å². The molecule has 29 heavy (non-hydrogen) atoms. The van der Waals surface area contributed by atoms with E-state index in [1.165, 1.54) is 36.7 Å². The topological polar surface area (TPSA) is 136 Å². The van der Waals surface area contributed by atoms with Crippen molar-refractivity contribution < 1.29 is 16.8 Å². The molecule has 10 nitrogen and oxygen atoms in total. The number of hydrogen-bond donors (Lipinski definition) is 2. The molecule has 2 N–H and O–H groups in total. The van der Waals surface area contributed by atoms with Crippen molar-refractivity contribution in [1.82, 2.24) is 19.7 Å². The Morgan fingerprint density at radius 1 is 0.966 bits per heavy atom. The zero-order valence-electron chi connectivity index (χ0n) is 16.0. The van der Waals surface area contributed by atoms with E-state index in [0.717, 1.165) is 0 Å². The van der Waals surface area contributed by atoms with Gasteiger partial charge in [-0.2, -0.15) is 5.10 Å². The zero-order chi connectivity index (χ0) is 21.2. The summed E-state index contributed by atoms with van der Waals surface area (Å²) in [5.74, 6) is -0.0433. The fraction of sp³-hybridized carbons (Fsp3) is 0.235. The maximum absolute atomic E-state index is 12.6. The van der Waals surface area contributed by atoms with E-state index in [2.05, 4.69) is 24.5 Å². The highest BCUT2D eigenvalue weighted by Crippen LogP contribution is 2.21. The summed E-state index contributed by atoms with van der Waals surface area (Å²) in [5.41, 5.74) is 1.35. The predicted octanol–water partition coefficient (Wildman–Crippen LogP) is 1.91. The third-order valence-electron chi connectivity index (χ3n) is 4.08. The average Bonchev–Trinajstić information content (AvgIpc) is 3.03. The van der Waals surface area contributed by atoms with Gasteiger partial charge in [0.15, 0.2) is 0 Å². The van der Waals surface area contributed by atoms with Crippen LogP contribution in [0.1, 0.15) is 18.3 Å². The van der Waals surface area contributed by atoms with E-state index in [0.29, 0.717) is 17.9 Å². The van der Waals surface area contributed by atoms with Crippen LogP contribution in [0.4, 0.5) is 11.6 Å². The van der Waals surface area contributed by atoms with Gasteiger partial charge in [-0.15, -0.1) is 0 Å². The Morgan fingerprint density at radius 2 is 1.66 bits per heavy atom. The molecule has 154 valence electrons. The lowest BCUT2D eigenvalue weighted by atomic mass is 10.3. The summed E-state index contributed by atoms with van der Waals surface area (Å²) >= 11 is 0. The fourth-order valence-electron chi connectivity index (χ4n) is 2.60. The maximum Gasteiger partial charge on any atom is 0.265 e. The van der Waals surface area contributed by atoms with E-state index in [1.807, 2.05) is 6.92 Å². The molecule has 0 aliphatic heterocycles. The Hall–Kier alpha value is -2.99. The number of anilines is 2. The Balaban J connectivity index is 1.80. The van der Waals surface area contributed by atoms with Gasteiger partial charge in [-0.25, -0.2) is 31.5 Å². The first-order valence-electron chi connectivity index (χ1n) is 8.60. The van der Waals surface area contributed by atoms with Gasteiger partial charge in [0.1, 0.15) is 4.90 Å². The second-order valence-corrected chi connectivity index (χ2v) is 9.50. The lowest BCUT2D eigenvalue weighted by Gasteiger charge is -2.10. The van der Waals surface area contributed by atoms with Gasteiger partial charge in [0.05, 0.1) is 16.8 Å². The minimum Gasteiger partial charge on any atom is -0.280 e. The summed E-state index contributed by atoms with van der Waals surface area (Å²) in [5, 5.41) is 4.03. The molecule has 12 heteroatoms. The molecular formula is C17H20N6O4S2. The summed E-state index contributed by atoms with van der Waals surface area (Å²) in [7, 11) is -7.77. The van der Waals surface area contributed by atoms with Gasteiger partial charge in [-0.05, 0) is 51.1 Å². The van der Waals surface area contributed by atoms with E-state index < -0.39 is 20.0 Å². The summed E-state index contributed by atoms with van der Waals surface area (Å²) in [4.78, 5) is 7.87. The minimum absolute atomic E-state index is 0.0433. The van der Waals surface area contributed by atoms with Crippen molar-refractivity contribution in [3.63, 3.8) is 0 Å². The van der Waals surface area contributed by atoms with Crippen LogP contribution in [-0.2, 0) is 26.6 Å². The SMILES string of the molecule is CCn1ncc(S(=O)(=O)Nc2ccc(S(=O)(=O)Nc3nccc(C)n3)cc2)c1C. The van der Waals surface area contributed by atoms with Gasteiger partial charge in [-0.1, -0.05) is 0 Å². The minimum atomic E-state index is -3.92. The lowest BCUT2D eigenvalue weighted by molar-refractivity contribution is 0.598. The number of rotatable bonds is 7. The standard InChI is InChI=1S/C17H20N6O4S2/c1-4-23-13(3)16(11-19-23)29(26,27)21-14-5-7-15(8-6-14)28(24,25)22-17-18-10-9-12(2)20-17/h5-11,21H,4H2,1-3H3,(H,18,20,22). The molecule has 2 heterocycles. The largest absolute Gasteiger partial charge is 0.280 e. The van der Waals surface area contributed by atoms with Crippen molar-refractivity contribution in [2.24, 2.45) is 0 Å². The van der Waals surface area contributed by atoms with E-state index in [9.17, 15) is 16.8 Å². The van der Waals surface area contributed by atoms with E-state index in [1.54, 1.807) is 24.6 Å². The van der Waals surface area contributed by atoms with Gasteiger partial charge < -0.3 is 0 Å². The molecule has 0 bridgehead atoms. The smallest absolute Gasteiger partial charge is 0.265 e. The molecule has 0 atom stereocenters. The fourth-order valence-corrected chi connectivity index (χ4v) is 4.79. The molecule has 3 rings (SSSR count). The number of sulfonamides is 2. The molecule has 3 aromatic rings. The molecule has 0 aliphatic carbocycles. The van der Waals surface area contributed by atoms with Crippen molar-refractivity contribution in [3.8, 4) is 0 Å². The monoisotopic (exact) mass is 436 g/mol. The van der Waals surface area contributed by atoms with Crippen molar-refractivity contribution in [3.05, 3.63) is 54.1 Å². The van der Waals surface area contributed by atoms with Crippen molar-refractivity contribution in [1.29, 1.82) is 0 Å². The molecule has 0 saturated carbocycles. The number of hydrogen-bond acceptors (Lipinski definition) is 7. The maximum atomic E-state index is 12.6. The third kappa shape index (κ3) is 4.54.